The summed E-state index contributed by atoms with van der Waals surface area (Å²) in [4.78, 5) is 37.3. The van der Waals surface area contributed by atoms with Crippen molar-refractivity contribution in [2.45, 2.75) is 6.92 Å². The van der Waals surface area contributed by atoms with Crippen molar-refractivity contribution in [2.75, 3.05) is 0 Å². The molecular formula is C20H17N5O2. The van der Waals surface area contributed by atoms with Crippen molar-refractivity contribution < 1.29 is 4.79 Å². The van der Waals surface area contributed by atoms with Crippen molar-refractivity contribution >= 4 is 23.8 Å². The van der Waals surface area contributed by atoms with Crippen molar-refractivity contribution in [3.05, 3.63) is 76.2 Å². The van der Waals surface area contributed by atoms with Gasteiger partial charge in [-0.1, -0.05) is 36.4 Å². The van der Waals surface area contributed by atoms with Gasteiger partial charge in [0.2, 0.25) is 0 Å². The van der Waals surface area contributed by atoms with Gasteiger partial charge in [-0.15, -0.1) is 0 Å². The van der Waals surface area contributed by atoms with Crippen LogP contribution in [0.25, 0.3) is 5.69 Å². The van der Waals surface area contributed by atoms with E-state index in [-0.39, 0.29) is 17.4 Å². The van der Waals surface area contributed by atoms with Crippen LogP contribution in [-0.4, -0.2) is 33.2 Å². The average Bonchev–Trinajstić information content (AvgIpc) is 2.89. The standard InChI is InChI=1S/C20H17N5O2/c1-13-17(24(2)25(19(13)27)14-8-4-3-5-9-14)12-21-20-22-16-11-7-6-10-15(16)18(26)23-20/h3-12,15H,1-2H3/b21-12+. The number of aromatic nitrogens is 2. The first-order valence-electron chi connectivity index (χ1n) is 8.50. The summed E-state index contributed by atoms with van der Waals surface area (Å²) in [5.41, 5.74) is 2.44. The van der Waals surface area contributed by atoms with E-state index in [0.29, 0.717) is 17.0 Å². The van der Waals surface area contributed by atoms with Gasteiger partial charge in [0.1, 0.15) is 5.92 Å². The molecule has 1 aliphatic carbocycles. The second kappa shape index (κ2) is 6.60. The molecule has 0 bridgehead atoms. The molecule has 7 nitrogen and oxygen atoms in total. The maximum Gasteiger partial charge on any atom is 0.274 e. The average molecular weight is 359 g/mol. The first-order valence-corrected chi connectivity index (χ1v) is 8.50. The van der Waals surface area contributed by atoms with Gasteiger partial charge in [-0.2, -0.15) is 4.99 Å². The highest BCUT2D eigenvalue weighted by Crippen LogP contribution is 2.16. The number of hydrogen-bond donors (Lipinski definition) is 0. The number of nitrogens with zero attached hydrogens (tertiary/aromatic N) is 5. The van der Waals surface area contributed by atoms with E-state index in [4.69, 9.17) is 0 Å². The van der Waals surface area contributed by atoms with Gasteiger partial charge in [-0.3, -0.25) is 14.3 Å². The molecule has 134 valence electrons. The van der Waals surface area contributed by atoms with Crippen molar-refractivity contribution in [3.8, 4) is 5.69 Å². The van der Waals surface area contributed by atoms with Crippen LogP contribution in [0.4, 0.5) is 0 Å². The van der Waals surface area contributed by atoms with Crippen LogP contribution in [0.15, 0.2) is 74.4 Å². The van der Waals surface area contributed by atoms with Gasteiger partial charge >= 0.3 is 0 Å². The SMILES string of the molecule is Cc1c(/C=N/C2=NC(=O)C3C=CC=CC3=N2)n(C)n(-c2ccccc2)c1=O. The number of fused-ring (bicyclic) bond motifs is 1. The Morgan fingerprint density at radius 1 is 1.11 bits per heavy atom. The van der Waals surface area contributed by atoms with E-state index in [2.05, 4.69) is 15.0 Å². The fraction of sp³-hybridized carbons (Fsp3) is 0.150. The third-order valence-corrected chi connectivity index (χ3v) is 4.55. The highest BCUT2D eigenvalue weighted by atomic mass is 16.1. The lowest BCUT2D eigenvalue weighted by molar-refractivity contribution is -0.118. The third kappa shape index (κ3) is 2.93. The highest BCUT2D eigenvalue weighted by molar-refractivity contribution is 6.21. The fourth-order valence-corrected chi connectivity index (χ4v) is 3.13. The first-order chi connectivity index (χ1) is 13.1. The molecule has 1 atom stereocenters. The zero-order chi connectivity index (χ0) is 19.0. The molecule has 7 heteroatoms. The molecule has 0 N–H and O–H groups in total. The maximum atomic E-state index is 12.7. The fourth-order valence-electron chi connectivity index (χ4n) is 3.13. The van der Waals surface area contributed by atoms with Crippen LogP contribution in [0.5, 0.6) is 0 Å². The van der Waals surface area contributed by atoms with Crippen molar-refractivity contribution in [1.82, 2.24) is 9.36 Å². The molecule has 0 fully saturated rings. The summed E-state index contributed by atoms with van der Waals surface area (Å²) in [5.74, 6) is -0.634. The second-order valence-electron chi connectivity index (χ2n) is 6.25. The molecule has 1 aliphatic heterocycles. The van der Waals surface area contributed by atoms with Crippen molar-refractivity contribution in [3.63, 3.8) is 0 Å². The van der Waals surface area contributed by atoms with Crippen LogP contribution >= 0.6 is 0 Å². The number of rotatable bonds is 2. The molecule has 0 radical (unpaired) electrons. The number of aliphatic imine (C=N–C) groups is 3. The molecule has 27 heavy (non-hydrogen) atoms. The van der Waals surface area contributed by atoms with Crippen LogP contribution in [0.1, 0.15) is 11.3 Å². The number of hydrogen-bond acceptors (Lipinski definition) is 4. The minimum absolute atomic E-state index is 0.0884. The molecule has 1 aromatic heterocycles. The molecule has 2 aromatic rings. The summed E-state index contributed by atoms with van der Waals surface area (Å²) in [6.45, 7) is 1.74. The van der Waals surface area contributed by atoms with Gasteiger partial charge in [0, 0.05) is 12.6 Å². The van der Waals surface area contributed by atoms with E-state index < -0.39 is 5.92 Å². The molecular weight excluding hydrogens is 342 g/mol. The molecule has 0 spiro atoms. The number of guanidine groups is 1. The van der Waals surface area contributed by atoms with Crippen molar-refractivity contribution in [2.24, 2.45) is 27.9 Å². The molecule has 0 saturated heterocycles. The van der Waals surface area contributed by atoms with E-state index in [1.165, 1.54) is 6.21 Å². The van der Waals surface area contributed by atoms with Crippen molar-refractivity contribution in [1.29, 1.82) is 0 Å². The van der Waals surface area contributed by atoms with Crippen LogP contribution in [0.2, 0.25) is 0 Å². The van der Waals surface area contributed by atoms with Crippen LogP contribution < -0.4 is 5.56 Å². The third-order valence-electron chi connectivity index (χ3n) is 4.55. The predicted molar refractivity (Wildman–Crippen MR) is 105 cm³/mol. The molecule has 1 amide bonds. The van der Waals surface area contributed by atoms with E-state index in [1.807, 2.05) is 36.4 Å². The predicted octanol–water partition coefficient (Wildman–Crippen LogP) is 1.98. The molecule has 0 saturated carbocycles. The molecule has 2 aliphatic rings. The Morgan fingerprint density at radius 3 is 2.67 bits per heavy atom. The Kier molecular flexibility index (Phi) is 4.12. The van der Waals surface area contributed by atoms with Crippen LogP contribution in [-0.2, 0) is 11.8 Å². The quantitative estimate of drug-likeness (QED) is 0.769. The second-order valence-corrected chi connectivity index (χ2v) is 6.25. The lowest BCUT2D eigenvalue weighted by Crippen LogP contribution is -2.26. The molecule has 1 unspecified atom stereocenters. The number of allylic oxidation sites excluding steroid dienone is 3. The van der Waals surface area contributed by atoms with Crippen LogP contribution in [0, 0.1) is 12.8 Å². The summed E-state index contributed by atoms with van der Waals surface area (Å²) >= 11 is 0. The molecule has 4 rings (SSSR count). The first kappa shape index (κ1) is 16.8. The van der Waals surface area contributed by atoms with Crippen LogP contribution in [0.3, 0.4) is 0 Å². The minimum atomic E-state index is -0.431. The summed E-state index contributed by atoms with van der Waals surface area (Å²) in [7, 11) is 1.78. The number of amides is 1. The van der Waals surface area contributed by atoms with Gasteiger partial charge in [0.25, 0.3) is 17.4 Å². The number of benzene rings is 1. The topological polar surface area (TPSA) is 81.1 Å². The van der Waals surface area contributed by atoms with E-state index >= 15 is 0 Å². The van der Waals surface area contributed by atoms with Gasteiger partial charge < -0.3 is 0 Å². The zero-order valence-electron chi connectivity index (χ0n) is 14.9. The minimum Gasteiger partial charge on any atom is -0.279 e. The normalized spacial score (nSPS) is 18.6. The van der Waals surface area contributed by atoms with Gasteiger partial charge in [0.15, 0.2) is 0 Å². The zero-order valence-corrected chi connectivity index (χ0v) is 14.9. The maximum absolute atomic E-state index is 12.7. The van der Waals surface area contributed by atoms with E-state index in [1.54, 1.807) is 41.6 Å². The van der Waals surface area contributed by atoms with E-state index in [9.17, 15) is 9.59 Å². The lowest BCUT2D eigenvalue weighted by Gasteiger charge is -2.15. The lowest BCUT2D eigenvalue weighted by atomic mass is 9.97. The molecule has 1 aromatic carbocycles. The Hall–Kier alpha value is -3.61. The largest absolute Gasteiger partial charge is 0.279 e. The highest BCUT2D eigenvalue weighted by Gasteiger charge is 2.26. The summed E-state index contributed by atoms with van der Waals surface area (Å²) in [5, 5.41) is 0. The smallest absolute Gasteiger partial charge is 0.274 e. The van der Waals surface area contributed by atoms with Gasteiger partial charge in [0.05, 0.1) is 23.3 Å². The van der Waals surface area contributed by atoms with E-state index in [0.717, 1.165) is 5.69 Å². The molecule has 2 heterocycles. The number of para-hydroxylation sites is 1. The summed E-state index contributed by atoms with van der Waals surface area (Å²) in [6, 6.07) is 9.37. The summed E-state index contributed by atoms with van der Waals surface area (Å²) in [6.07, 6.45) is 8.69. The summed E-state index contributed by atoms with van der Waals surface area (Å²) < 4.78 is 3.29. The Balaban J connectivity index is 1.71. The Labute approximate surface area is 155 Å². The van der Waals surface area contributed by atoms with Gasteiger partial charge in [-0.25, -0.2) is 14.7 Å². The number of carbonyl (C=O) groups excluding carboxylic acids is 1. The Morgan fingerprint density at radius 2 is 1.89 bits per heavy atom. The Bertz CT molecular complexity index is 1130. The number of carbonyl (C=O) groups is 1. The monoisotopic (exact) mass is 359 g/mol. The van der Waals surface area contributed by atoms with Gasteiger partial charge in [-0.05, 0) is 25.1 Å².